The number of nitrogens with one attached hydrogen (secondary N) is 2. The number of fused-ring (bicyclic) bond motifs is 2. The fraction of sp³-hybridized carbons (Fsp3) is 0.929. The van der Waals surface area contributed by atoms with Crippen LogP contribution in [-0.4, -0.2) is 36.2 Å². The van der Waals surface area contributed by atoms with Gasteiger partial charge in [-0.15, -0.1) is 0 Å². The Morgan fingerprint density at radius 1 is 1.33 bits per heavy atom. The van der Waals surface area contributed by atoms with Gasteiger partial charge in [-0.05, 0) is 46.0 Å². The molecule has 2 rings (SSSR count). The van der Waals surface area contributed by atoms with E-state index in [0.29, 0.717) is 12.1 Å². The van der Waals surface area contributed by atoms with Crippen molar-refractivity contribution in [3.8, 4) is 0 Å². The third kappa shape index (κ3) is 3.45. The Balaban J connectivity index is 1.76. The minimum atomic E-state index is -0.332. The summed E-state index contributed by atoms with van der Waals surface area (Å²) in [6, 6.07) is 1.45. The lowest BCUT2D eigenvalue weighted by Crippen LogP contribution is -2.45. The summed E-state index contributed by atoms with van der Waals surface area (Å²) in [5, 5.41) is 6.56. The predicted molar refractivity (Wildman–Crippen MR) is 71.4 cm³/mol. The molecule has 0 spiro atoms. The fourth-order valence-electron chi connectivity index (χ4n) is 2.93. The van der Waals surface area contributed by atoms with E-state index in [4.69, 9.17) is 4.74 Å². The van der Waals surface area contributed by atoms with Crippen LogP contribution in [0.2, 0.25) is 0 Å². The van der Waals surface area contributed by atoms with Gasteiger partial charge in [0, 0.05) is 18.1 Å². The summed E-state index contributed by atoms with van der Waals surface area (Å²) >= 11 is 0. The number of carbonyl (C=O) groups excluding carboxylic acids is 1. The van der Waals surface area contributed by atoms with Crippen LogP contribution >= 0.6 is 0 Å². The van der Waals surface area contributed by atoms with E-state index >= 15 is 0 Å². The normalized spacial score (nSPS) is 34.1. The zero-order chi connectivity index (χ0) is 13.1. The molecule has 0 saturated carbocycles. The van der Waals surface area contributed by atoms with E-state index in [2.05, 4.69) is 17.6 Å². The van der Waals surface area contributed by atoms with Gasteiger partial charge in [-0.2, -0.15) is 0 Å². The molecule has 2 heterocycles. The largest absolute Gasteiger partial charge is 0.365 e. The topological polar surface area (TPSA) is 50.4 Å². The highest BCUT2D eigenvalue weighted by Gasteiger charge is 2.35. The van der Waals surface area contributed by atoms with Gasteiger partial charge in [0.2, 0.25) is 5.91 Å². The number of carbonyl (C=O) groups is 1. The van der Waals surface area contributed by atoms with Gasteiger partial charge >= 0.3 is 0 Å². The fourth-order valence-corrected chi connectivity index (χ4v) is 2.93. The molecule has 0 aromatic rings. The van der Waals surface area contributed by atoms with Crippen LogP contribution in [0.1, 0.15) is 52.9 Å². The van der Waals surface area contributed by atoms with Gasteiger partial charge < -0.3 is 15.4 Å². The molecule has 18 heavy (non-hydrogen) atoms. The van der Waals surface area contributed by atoms with Gasteiger partial charge in [0.25, 0.3) is 0 Å². The van der Waals surface area contributed by atoms with Gasteiger partial charge in [0.05, 0.1) is 6.10 Å². The molecule has 2 bridgehead atoms. The van der Waals surface area contributed by atoms with Crippen molar-refractivity contribution in [2.24, 2.45) is 0 Å². The smallest absolute Gasteiger partial charge is 0.249 e. The van der Waals surface area contributed by atoms with Crippen LogP contribution < -0.4 is 10.6 Å². The molecule has 104 valence electrons. The third-order valence-electron chi connectivity index (χ3n) is 4.20. The first-order valence-electron chi connectivity index (χ1n) is 7.30. The molecule has 4 unspecified atom stereocenters. The van der Waals surface area contributed by atoms with Gasteiger partial charge in [0.1, 0.15) is 6.10 Å². The van der Waals surface area contributed by atoms with E-state index < -0.39 is 0 Å². The maximum absolute atomic E-state index is 11.9. The van der Waals surface area contributed by atoms with Crippen LogP contribution in [0.5, 0.6) is 0 Å². The predicted octanol–water partition coefficient (Wildman–Crippen LogP) is 1.59. The van der Waals surface area contributed by atoms with Crippen LogP contribution in [0, 0.1) is 0 Å². The van der Waals surface area contributed by atoms with Crippen molar-refractivity contribution in [2.75, 3.05) is 0 Å². The molecule has 0 aromatic carbocycles. The minimum Gasteiger partial charge on any atom is -0.365 e. The first-order valence-corrected chi connectivity index (χ1v) is 7.30. The monoisotopic (exact) mass is 254 g/mol. The molecule has 4 nitrogen and oxygen atoms in total. The van der Waals surface area contributed by atoms with Crippen LogP contribution in [-0.2, 0) is 9.53 Å². The first-order chi connectivity index (χ1) is 8.58. The Hall–Kier alpha value is -0.610. The van der Waals surface area contributed by atoms with Crippen molar-refractivity contribution < 1.29 is 9.53 Å². The Labute approximate surface area is 110 Å². The molecule has 2 aliphatic rings. The van der Waals surface area contributed by atoms with E-state index in [1.54, 1.807) is 0 Å². The van der Waals surface area contributed by atoms with Crippen LogP contribution in [0.3, 0.4) is 0 Å². The van der Waals surface area contributed by atoms with Gasteiger partial charge in [0.15, 0.2) is 0 Å². The van der Waals surface area contributed by atoms with Gasteiger partial charge in [-0.3, -0.25) is 4.79 Å². The van der Waals surface area contributed by atoms with Crippen LogP contribution in [0.15, 0.2) is 0 Å². The lowest BCUT2D eigenvalue weighted by molar-refractivity contribution is -0.137. The third-order valence-corrected chi connectivity index (χ3v) is 4.20. The van der Waals surface area contributed by atoms with E-state index in [0.717, 1.165) is 19.3 Å². The zero-order valence-electron chi connectivity index (χ0n) is 11.7. The van der Waals surface area contributed by atoms with E-state index in [9.17, 15) is 4.79 Å². The SMILES string of the molecule is CCC(C)NC(=O)C(C)OC1CC2CCC(C1)N2. The average molecular weight is 254 g/mol. The maximum Gasteiger partial charge on any atom is 0.249 e. The second-order valence-corrected chi connectivity index (χ2v) is 5.83. The maximum atomic E-state index is 11.9. The lowest BCUT2D eigenvalue weighted by atomic mass is 10.0. The second-order valence-electron chi connectivity index (χ2n) is 5.83. The van der Waals surface area contributed by atoms with E-state index in [1.807, 2.05) is 13.8 Å². The molecule has 2 saturated heterocycles. The van der Waals surface area contributed by atoms with E-state index in [-0.39, 0.29) is 24.2 Å². The Morgan fingerprint density at radius 2 is 1.94 bits per heavy atom. The number of rotatable bonds is 5. The summed E-state index contributed by atoms with van der Waals surface area (Å²) in [6.07, 6.45) is 5.50. The van der Waals surface area contributed by atoms with Crippen molar-refractivity contribution in [1.82, 2.24) is 10.6 Å². The Bertz CT molecular complexity index is 284. The number of amides is 1. The molecule has 0 aliphatic carbocycles. The highest BCUT2D eigenvalue weighted by molar-refractivity contribution is 5.80. The number of hydrogen-bond acceptors (Lipinski definition) is 3. The molecule has 2 N–H and O–H groups in total. The Morgan fingerprint density at radius 3 is 2.50 bits per heavy atom. The molecule has 0 aromatic heterocycles. The number of piperidine rings is 1. The summed E-state index contributed by atoms with van der Waals surface area (Å²) in [7, 11) is 0. The van der Waals surface area contributed by atoms with Crippen molar-refractivity contribution >= 4 is 5.91 Å². The van der Waals surface area contributed by atoms with Gasteiger partial charge in [-0.25, -0.2) is 0 Å². The summed E-state index contributed by atoms with van der Waals surface area (Å²) < 4.78 is 5.93. The molecule has 0 radical (unpaired) electrons. The highest BCUT2D eigenvalue weighted by Crippen LogP contribution is 2.29. The molecule has 1 amide bonds. The first kappa shape index (κ1) is 13.8. The van der Waals surface area contributed by atoms with Gasteiger partial charge in [-0.1, -0.05) is 6.92 Å². The summed E-state index contributed by atoms with van der Waals surface area (Å²) in [5.41, 5.74) is 0. The average Bonchev–Trinajstić information content (AvgIpc) is 2.68. The van der Waals surface area contributed by atoms with Crippen molar-refractivity contribution in [3.05, 3.63) is 0 Å². The molecular formula is C14H26N2O2. The molecular weight excluding hydrogens is 228 g/mol. The summed E-state index contributed by atoms with van der Waals surface area (Å²) in [5.74, 6) is 0.0234. The number of ether oxygens (including phenoxy) is 1. The van der Waals surface area contributed by atoms with Crippen molar-refractivity contribution in [2.45, 2.75) is 83.2 Å². The van der Waals surface area contributed by atoms with E-state index in [1.165, 1.54) is 12.8 Å². The quantitative estimate of drug-likeness (QED) is 0.783. The molecule has 2 aliphatic heterocycles. The highest BCUT2D eigenvalue weighted by atomic mass is 16.5. The molecule has 2 fully saturated rings. The van der Waals surface area contributed by atoms with Crippen LogP contribution in [0.25, 0.3) is 0 Å². The molecule has 4 atom stereocenters. The number of hydrogen-bond donors (Lipinski definition) is 2. The van der Waals surface area contributed by atoms with Crippen molar-refractivity contribution in [1.29, 1.82) is 0 Å². The second kappa shape index (κ2) is 6.02. The molecule has 4 heteroatoms. The summed E-state index contributed by atoms with van der Waals surface area (Å²) in [6.45, 7) is 5.96. The zero-order valence-corrected chi connectivity index (χ0v) is 11.7. The van der Waals surface area contributed by atoms with Crippen LogP contribution in [0.4, 0.5) is 0 Å². The Kier molecular flexibility index (Phi) is 4.62. The minimum absolute atomic E-state index is 0.0234. The standard InChI is InChI=1S/C14H26N2O2/c1-4-9(2)15-14(17)10(3)18-13-7-11-5-6-12(8-13)16-11/h9-13,16H,4-8H2,1-3H3,(H,15,17). The lowest BCUT2D eigenvalue weighted by Gasteiger charge is -2.31. The van der Waals surface area contributed by atoms with Crippen molar-refractivity contribution in [3.63, 3.8) is 0 Å². The summed E-state index contributed by atoms with van der Waals surface area (Å²) in [4.78, 5) is 11.9.